The Labute approximate surface area is 147 Å². The van der Waals surface area contributed by atoms with E-state index >= 15 is 0 Å². The summed E-state index contributed by atoms with van der Waals surface area (Å²) in [6.07, 6.45) is 7.58. The maximum atomic E-state index is 2.49. The Kier molecular flexibility index (Phi) is 4.19. The molecule has 0 N–H and O–H groups in total. The zero-order valence-corrected chi connectivity index (χ0v) is 15.4. The van der Waals surface area contributed by atoms with Gasteiger partial charge in [-0.2, -0.15) is 0 Å². The Bertz CT molecular complexity index is 716. The maximum Gasteiger partial charge on any atom is -0.0108 e. The van der Waals surface area contributed by atoms with Crippen molar-refractivity contribution in [1.29, 1.82) is 0 Å². The van der Waals surface area contributed by atoms with Crippen molar-refractivity contribution in [2.75, 3.05) is 0 Å². The topological polar surface area (TPSA) is 0 Å². The first kappa shape index (κ1) is 15.9. The van der Waals surface area contributed by atoms with Crippen molar-refractivity contribution >= 4 is 18.5 Å². The first-order valence-electron chi connectivity index (χ1n) is 8.94. The van der Waals surface area contributed by atoms with Gasteiger partial charge < -0.3 is 0 Å². The monoisotopic (exact) mass is 332 g/mol. The molecule has 1 saturated carbocycles. The van der Waals surface area contributed by atoms with E-state index in [1.54, 1.807) is 5.57 Å². The number of benzene rings is 2. The van der Waals surface area contributed by atoms with Crippen LogP contribution in [0.2, 0.25) is 0 Å². The number of rotatable bonds is 4. The number of fused-ring (bicyclic) bond motifs is 1. The summed E-state index contributed by atoms with van der Waals surface area (Å²) in [6, 6.07) is 21.9. The molecule has 5 rings (SSSR count). The minimum atomic E-state index is -0.430. The van der Waals surface area contributed by atoms with E-state index in [2.05, 4.69) is 92.5 Å². The third-order valence-electron chi connectivity index (χ3n) is 6.00. The van der Waals surface area contributed by atoms with Gasteiger partial charge in [0, 0.05) is 0 Å². The number of allylic oxidation sites excluding steroid dienone is 3. The fraction of sp³-hybridized carbons (Fsp3) is 0.304. The molecule has 1 heteroatoms. The zero-order chi connectivity index (χ0) is 16.6. The molecule has 2 unspecified atom stereocenters. The Morgan fingerprint density at radius 3 is 2.00 bits per heavy atom. The van der Waals surface area contributed by atoms with Gasteiger partial charge in [-0.25, -0.2) is 0 Å². The molecule has 24 heavy (non-hydrogen) atoms. The second-order valence-corrected chi connectivity index (χ2v) is 9.67. The van der Waals surface area contributed by atoms with E-state index in [0.29, 0.717) is 5.41 Å². The Morgan fingerprint density at radius 2 is 1.50 bits per heavy atom. The van der Waals surface area contributed by atoms with Gasteiger partial charge >= 0.3 is 0 Å². The number of hydrogen-bond donors (Lipinski definition) is 0. The van der Waals surface area contributed by atoms with Crippen LogP contribution >= 0.6 is 7.92 Å². The molecule has 0 amide bonds. The molecule has 0 spiro atoms. The van der Waals surface area contributed by atoms with Crippen LogP contribution in [0, 0.1) is 17.3 Å². The van der Waals surface area contributed by atoms with Gasteiger partial charge in [0.15, 0.2) is 0 Å². The molecule has 0 nitrogen and oxygen atoms in total. The molecular weight excluding hydrogens is 307 g/mol. The lowest BCUT2D eigenvalue weighted by atomic mass is 9.49. The van der Waals surface area contributed by atoms with Crippen LogP contribution < -0.4 is 10.6 Å². The summed E-state index contributed by atoms with van der Waals surface area (Å²) in [5.74, 6) is 4.14. The molecule has 0 radical (unpaired) electrons. The molecule has 3 aliphatic carbocycles. The molecule has 1 fully saturated rings. The minimum absolute atomic E-state index is 0.430. The third-order valence-corrected chi connectivity index (χ3v) is 8.15. The molecule has 0 heterocycles. The van der Waals surface area contributed by atoms with E-state index < -0.39 is 7.92 Å². The van der Waals surface area contributed by atoms with Gasteiger partial charge in [-0.15, -0.1) is 0 Å². The lowest BCUT2D eigenvalue weighted by Gasteiger charge is -2.56. The normalized spacial score (nSPS) is 24.7. The summed E-state index contributed by atoms with van der Waals surface area (Å²) >= 11 is 0. The lowest BCUT2D eigenvalue weighted by Crippen LogP contribution is -2.47. The molecule has 2 bridgehead atoms. The van der Waals surface area contributed by atoms with Gasteiger partial charge in [-0.3, -0.25) is 0 Å². The van der Waals surface area contributed by atoms with Gasteiger partial charge in [0.25, 0.3) is 0 Å². The second-order valence-electron chi connectivity index (χ2n) is 7.60. The van der Waals surface area contributed by atoms with E-state index in [9.17, 15) is 0 Å². The molecule has 3 aliphatic rings. The van der Waals surface area contributed by atoms with E-state index in [1.165, 1.54) is 23.5 Å². The van der Waals surface area contributed by atoms with Crippen molar-refractivity contribution in [3.63, 3.8) is 0 Å². The summed E-state index contributed by atoms with van der Waals surface area (Å²) in [4.78, 5) is 0. The lowest BCUT2D eigenvalue weighted by molar-refractivity contribution is -0.00327. The summed E-state index contributed by atoms with van der Waals surface area (Å²) in [6.45, 7) is 4.90. The smallest absolute Gasteiger partial charge is 0.0108 e. The van der Waals surface area contributed by atoms with Gasteiger partial charge in [0.1, 0.15) is 0 Å². The van der Waals surface area contributed by atoms with Gasteiger partial charge in [-0.1, -0.05) is 92.5 Å². The standard InChI is InChI=1S/C23H25P/c1-23(2)19-14-13-18(22(23)17-19)15-16-24(20-9-5-3-6-10-20)21-11-7-4-8-12-21/h3-13,15-16,19,22H,14,17H2,1-2H3. The minimum Gasteiger partial charge on any atom is -0.0807 e. The largest absolute Gasteiger partial charge is 0.0807 e. The predicted octanol–water partition coefficient (Wildman–Crippen LogP) is 5.63. The van der Waals surface area contributed by atoms with Crippen molar-refractivity contribution in [2.45, 2.75) is 26.7 Å². The van der Waals surface area contributed by atoms with Crippen molar-refractivity contribution in [2.24, 2.45) is 17.3 Å². The van der Waals surface area contributed by atoms with Crippen molar-refractivity contribution in [1.82, 2.24) is 0 Å². The SMILES string of the molecule is CC1(C)C2CC=C(C=CP(c3ccccc3)c3ccccc3)C1C2. The molecule has 122 valence electrons. The van der Waals surface area contributed by atoms with Crippen LogP contribution in [0.5, 0.6) is 0 Å². The summed E-state index contributed by atoms with van der Waals surface area (Å²) in [5.41, 5.74) is 2.07. The van der Waals surface area contributed by atoms with Crippen LogP contribution in [0.1, 0.15) is 26.7 Å². The van der Waals surface area contributed by atoms with Crippen LogP contribution in [0.25, 0.3) is 0 Å². The van der Waals surface area contributed by atoms with Crippen molar-refractivity contribution in [3.8, 4) is 0 Å². The highest BCUT2D eigenvalue weighted by molar-refractivity contribution is 7.75. The molecular formula is C23H25P. The fourth-order valence-corrected chi connectivity index (χ4v) is 6.20. The molecule has 2 aromatic carbocycles. The Morgan fingerprint density at radius 1 is 0.917 bits per heavy atom. The highest BCUT2D eigenvalue weighted by Gasteiger charge is 2.50. The number of hydrogen-bond acceptors (Lipinski definition) is 0. The predicted molar refractivity (Wildman–Crippen MR) is 106 cm³/mol. The highest BCUT2D eigenvalue weighted by Crippen LogP contribution is 2.59. The van der Waals surface area contributed by atoms with Crippen molar-refractivity contribution < 1.29 is 0 Å². The van der Waals surface area contributed by atoms with Crippen LogP contribution in [0.3, 0.4) is 0 Å². The van der Waals surface area contributed by atoms with Crippen LogP contribution in [-0.4, -0.2) is 0 Å². The van der Waals surface area contributed by atoms with E-state index in [1.807, 2.05) is 0 Å². The highest BCUT2D eigenvalue weighted by atomic mass is 31.1. The third kappa shape index (κ3) is 2.78. The van der Waals surface area contributed by atoms with Crippen molar-refractivity contribution in [3.05, 3.63) is 84.2 Å². The summed E-state index contributed by atoms with van der Waals surface area (Å²) < 4.78 is 0. The zero-order valence-electron chi connectivity index (χ0n) is 14.5. The summed E-state index contributed by atoms with van der Waals surface area (Å²) in [5, 5.41) is 2.86. The van der Waals surface area contributed by atoms with E-state index in [0.717, 1.165) is 11.8 Å². The molecule has 2 aromatic rings. The van der Waals surface area contributed by atoms with Gasteiger partial charge in [-0.05, 0) is 54.2 Å². The van der Waals surface area contributed by atoms with E-state index in [-0.39, 0.29) is 0 Å². The quantitative estimate of drug-likeness (QED) is 0.637. The molecule has 0 aromatic heterocycles. The Balaban J connectivity index is 1.65. The van der Waals surface area contributed by atoms with Crippen LogP contribution in [-0.2, 0) is 0 Å². The summed E-state index contributed by atoms with van der Waals surface area (Å²) in [7, 11) is -0.430. The van der Waals surface area contributed by atoms with Gasteiger partial charge in [0.05, 0.1) is 0 Å². The maximum absolute atomic E-state index is 2.49. The molecule has 2 atom stereocenters. The first-order valence-corrected chi connectivity index (χ1v) is 10.3. The Hall–Kier alpha value is -1.65. The van der Waals surface area contributed by atoms with E-state index in [4.69, 9.17) is 0 Å². The van der Waals surface area contributed by atoms with Gasteiger partial charge in [0.2, 0.25) is 0 Å². The fourth-order valence-electron chi connectivity index (χ4n) is 4.25. The average molecular weight is 332 g/mol. The second kappa shape index (κ2) is 6.34. The first-order chi connectivity index (χ1) is 11.7. The molecule has 0 saturated heterocycles. The van der Waals surface area contributed by atoms with Crippen LogP contribution in [0.15, 0.2) is 84.2 Å². The molecule has 0 aliphatic heterocycles. The van der Waals surface area contributed by atoms with Crippen LogP contribution in [0.4, 0.5) is 0 Å². The average Bonchev–Trinajstić information content (AvgIpc) is 2.63.